The molecule has 3 atom stereocenters. The molecule has 0 bridgehead atoms. The van der Waals surface area contributed by atoms with Crippen LogP contribution in [-0.2, 0) is 0 Å². The van der Waals surface area contributed by atoms with E-state index >= 15 is 0 Å². The third-order valence-corrected chi connectivity index (χ3v) is 5.61. The van der Waals surface area contributed by atoms with Crippen molar-refractivity contribution in [3.8, 4) is 11.4 Å². The van der Waals surface area contributed by atoms with E-state index in [0.717, 1.165) is 27.1 Å². The quantitative estimate of drug-likeness (QED) is 0.427. The highest BCUT2D eigenvalue weighted by Crippen LogP contribution is 2.31. The highest BCUT2D eigenvalue weighted by Gasteiger charge is 2.40. The fraction of sp³-hybridized carbons (Fsp3) is 0.389. The first-order valence-electron chi connectivity index (χ1n) is 8.68. The number of H-pyrrole nitrogens is 1. The van der Waals surface area contributed by atoms with E-state index in [9.17, 15) is 14.6 Å². The van der Waals surface area contributed by atoms with Crippen molar-refractivity contribution in [2.45, 2.75) is 43.9 Å². The lowest BCUT2D eigenvalue weighted by molar-refractivity contribution is -0.0919. The number of hydrogen-bond donors (Lipinski definition) is 4. The number of aliphatic hydroxyl groups is 2. The molecule has 1 fully saturated rings. The zero-order valence-electron chi connectivity index (χ0n) is 14.6. The summed E-state index contributed by atoms with van der Waals surface area (Å²) in [4.78, 5) is 15.8. The average molecular weight is 483 g/mol. The molecule has 0 aliphatic heterocycles. The van der Waals surface area contributed by atoms with Gasteiger partial charge in [-0.15, -0.1) is 0 Å². The van der Waals surface area contributed by atoms with E-state index in [1.54, 1.807) is 19.3 Å². The molecule has 1 aliphatic rings. The molecule has 27 heavy (non-hydrogen) atoms. The van der Waals surface area contributed by atoms with Crippen LogP contribution in [0.3, 0.4) is 0 Å². The molecular weight excluding hydrogens is 464 g/mol. The molecular formula is C18H19FIN5O2. The van der Waals surface area contributed by atoms with E-state index in [-0.39, 0.29) is 5.82 Å². The number of nitrogens with one attached hydrogen (secondary N) is 2. The van der Waals surface area contributed by atoms with Gasteiger partial charge in [-0.05, 0) is 54.8 Å². The van der Waals surface area contributed by atoms with Crippen molar-refractivity contribution < 1.29 is 14.6 Å². The Kier molecular flexibility index (Phi) is 4.77. The minimum atomic E-state index is -1.21. The lowest BCUT2D eigenvalue weighted by atomic mass is 9.80. The first-order valence-corrected chi connectivity index (χ1v) is 9.75. The van der Waals surface area contributed by atoms with Gasteiger partial charge in [0, 0.05) is 26.9 Å². The van der Waals surface area contributed by atoms with Crippen LogP contribution >= 0.6 is 22.6 Å². The van der Waals surface area contributed by atoms with E-state index in [0.29, 0.717) is 24.3 Å². The third-order valence-electron chi connectivity index (χ3n) is 5.02. The predicted molar refractivity (Wildman–Crippen MR) is 108 cm³/mol. The summed E-state index contributed by atoms with van der Waals surface area (Å²) in [5, 5.41) is 24.5. The van der Waals surface area contributed by atoms with Crippen molar-refractivity contribution in [1.82, 2.24) is 19.9 Å². The van der Waals surface area contributed by atoms with Gasteiger partial charge in [-0.2, -0.15) is 0 Å². The molecule has 4 rings (SSSR count). The first kappa shape index (κ1) is 18.5. The minimum absolute atomic E-state index is 0.00897. The Balaban J connectivity index is 1.68. The van der Waals surface area contributed by atoms with Gasteiger partial charge in [0.05, 0.1) is 17.8 Å². The van der Waals surface area contributed by atoms with Gasteiger partial charge in [0.15, 0.2) is 17.5 Å². The number of fused-ring (bicyclic) bond motifs is 1. The number of rotatable bonds is 3. The Hall–Kier alpha value is -1.85. The molecule has 3 aromatic rings. The third kappa shape index (κ3) is 3.50. The first-order chi connectivity index (χ1) is 12.8. The lowest BCUT2D eigenvalue weighted by Gasteiger charge is -2.39. The van der Waals surface area contributed by atoms with E-state index in [2.05, 4.69) is 47.8 Å². The number of hydrogen-bond acceptors (Lipinski definition) is 6. The van der Waals surface area contributed by atoms with Crippen LogP contribution in [0.25, 0.3) is 22.4 Å². The van der Waals surface area contributed by atoms with Gasteiger partial charge in [-0.3, -0.25) is 0 Å². The molecule has 1 unspecified atom stereocenters. The number of aromatic nitrogens is 4. The molecule has 9 heteroatoms. The molecule has 0 aromatic carbocycles. The Labute approximate surface area is 168 Å². The Morgan fingerprint density at radius 1 is 1.37 bits per heavy atom. The fourth-order valence-electron chi connectivity index (χ4n) is 3.51. The van der Waals surface area contributed by atoms with Crippen LogP contribution in [0.4, 0.5) is 10.2 Å². The summed E-state index contributed by atoms with van der Waals surface area (Å²) in [7, 11) is 0. The minimum Gasteiger partial charge on any atom is -0.388 e. The van der Waals surface area contributed by atoms with Crippen molar-refractivity contribution in [2.24, 2.45) is 0 Å². The maximum atomic E-state index is 14.3. The maximum absolute atomic E-state index is 14.3. The molecule has 0 saturated heterocycles. The summed E-state index contributed by atoms with van der Waals surface area (Å²) in [6, 6.07) is 1.47. The monoisotopic (exact) mass is 483 g/mol. The largest absolute Gasteiger partial charge is 0.388 e. The standard InChI is InChI=1S/C18H19FIN5O2/c1-18(27)4-2-3-13(14(18)26)24-17-12(19)8-23-16(25-17)11-7-22-15-10(11)5-9(20)6-21-15/h5-8,13-14,26-27H,2-4H2,1H3,(H,21,22)(H,23,24,25)/t13-,14?,18+/m0/s1. The summed E-state index contributed by atoms with van der Waals surface area (Å²) >= 11 is 2.17. The molecule has 7 nitrogen and oxygen atoms in total. The second-order valence-electron chi connectivity index (χ2n) is 7.09. The van der Waals surface area contributed by atoms with Crippen molar-refractivity contribution in [2.75, 3.05) is 5.32 Å². The van der Waals surface area contributed by atoms with Gasteiger partial charge in [0.1, 0.15) is 11.8 Å². The van der Waals surface area contributed by atoms with Crippen LogP contribution in [0.15, 0.2) is 24.7 Å². The predicted octanol–water partition coefficient (Wildman–Crippen LogP) is 2.84. The molecule has 1 aliphatic carbocycles. The summed E-state index contributed by atoms with van der Waals surface area (Å²) in [6.07, 6.45) is 5.44. The number of halogens is 2. The lowest BCUT2D eigenvalue weighted by Crippen LogP contribution is -2.53. The van der Waals surface area contributed by atoms with Crippen LogP contribution in [0.5, 0.6) is 0 Å². The van der Waals surface area contributed by atoms with Crippen LogP contribution in [0.2, 0.25) is 0 Å². The van der Waals surface area contributed by atoms with E-state index in [1.807, 2.05) is 6.07 Å². The topological polar surface area (TPSA) is 107 Å². The van der Waals surface area contributed by atoms with Crippen molar-refractivity contribution in [3.63, 3.8) is 0 Å². The normalized spacial score (nSPS) is 25.7. The molecule has 3 aromatic heterocycles. The van der Waals surface area contributed by atoms with Crippen LogP contribution in [0.1, 0.15) is 26.2 Å². The second-order valence-corrected chi connectivity index (χ2v) is 8.33. The number of anilines is 1. The SMILES string of the molecule is C[C@@]1(O)CCC[C@H](Nc2nc(-c3c[nH]c4ncc(I)cc34)ncc2F)C1O. The van der Waals surface area contributed by atoms with Crippen molar-refractivity contribution in [3.05, 3.63) is 34.0 Å². The van der Waals surface area contributed by atoms with Crippen LogP contribution < -0.4 is 5.32 Å². The summed E-state index contributed by atoms with van der Waals surface area (Å²) in [6.45, 7) is 1.59. The molecule has 0 radical (unpaired) electrons. The van der Waals surface area contributed by atoms with E-state index in [1.165, 1.54) is 0 Å². The van der Waals surface area contributed by atoms with Crippen molar-refractivity contribution >= 4 is 39.4 Å². The van der Waals surface area contributed by atoms with Gasteiger partial charge >= 0.3 is 0 Å². The fourth-order valence-corrected chi connectivity index (χ4v) is 3.96. The number of pyridine rings is 1. The Morgan fingerprint density at radius 3 is 3.00 bits per heavy atom. The molecule has 4 N–H and O–H groups in total. The Morgan fingerprint density at radius 2 is 2.19 bits per heavy atom. The number of aliphatic hydroxyl groups excluding tert-OH is 1. The molecule has 1 saturated carbocycles. The smallest absolute Gasteiger partial charge is 0.183 e. The van der Waals surface area contributed by atoms with Crippen LogP contribution in [0, 0.1) is 9.39 Å². The molecule has 3 heterocycles. The molecule has 0 spiro atoms. The van der Waals surface area contributed by atoms with Gasteiger partial charge in [0.2, 0.25) is 0 Å². The highest BCUT2D eigenvalue weighted by atomic mass is 127. The number of aromatic amines is 1. The van der Waals surface area contributed by atoms with E-state index < -0.39 is 23.6 Å². The van der Waals surface area contributed by atoms with Crippen LogP contribution in [-0.4, -0.2) is 47.9 Å². The van der Waals surface area contributed by atoms with Crippen molar-refractivity contribution in [1.29, 1.82) is 0 Å². The maximum Gasteiger partial charge on any atom is 0.183 e. The van der Waals surface area contributed by atoms with Gasteiger partial charge in [-0.25, -0.2) is 19.3 Å². The van der Waals surface area contributed by atoms with Gasteiger partial charge in [0.25, 0.3) is 0 Å². The molecule has 142 valence electrons. The zero-order chi connectivity index (χ0) is 19.2. The van der Waals surface area contributed by atoms with Gasteiger partial charge < -0.3 is 20.5 Å². The summed E-state index contributed by atoms with van der Waals surface area (Å²) < 4.78 is 15.3. The summed E-state index contributed by atoms with van der Waals surface area (Å²) in [5.41, 5.74) is 0.211. The van der Waals surface area contributed by atoms with E-state index in [4.69, 9.17) is 0 Å². The number of nitrogens with zero attached hydrogens (tertiary/aromatic N) is 3. The molecule has 0 amide bonds. The second kappa shape index (κ2) is 6.95. The highest BCUT2D eigenvalue weighted by molar-refractivity contribution is 14.1. The average Bonchev–Trinajstić information content (AvgIpc) is 3.04. The van der Waals surface area contributed by atoms with Gasteiger partial charge in [-0.1, -0.05) is 0 Å². The summed E-state index contributed by atoms with van der Waals surface area (Å²) in [5.74, 6) is -0.246. The Bertz CT molecular complexity index is 993. The zero-order valence-corrected chi connectivity index (χ0v) is 16.7.